The fourth-order valence-electron chi connectivity index (χ4n) is 3.20. The molecule has 2 heterocycles. The normalized spacial score (nSPS) is 46.6. The smallest absolute Gasteiger partial charge is 0.334 e. The summed E-state index contributed by atoms with van der Waals surface area (Å²) in [6, 6.07) is 0. The van der Waals surface area contributed by atoms with Crippen LogP contribution in [0.2, 0.25) is 0 Å². The standard InChI is InChI=1S/C15H20O3/c1-9-5-4-8-15(3)13(18-15)12-11(7-6-9)10(2)14(16)17-12/h5,11-13H,2,4,6-8H2,1,3H3/b9-5-/t11?,12?,13-,15-/m1/s1. The molecule has 0 N–H and O–H groups in total. The summed E-state index contributed by atoms with van der Waals surface area (Å²) < 4.78 is 11.3. The van der Waals surface area contributed by atoms with Gasteiger partial charge in [-0.25, -0.2) is 4.79 Å². The number of hydrogen-bond donors (Lipinski definition) is 0. The lowest BCUT2D eigenvalue weighted by molar-refractivity contribution is -0.140. The van der Waals surface area contributed by atoms with E-state index in [1.54, 1.807) is 0 Å². The maximum atomic E-state index is 11.7. The molecule has 3 aliphatic rings. The van der Waals surface area contributed by atoms with Crippen LogP contribution in [0, 0.1) is 5.92 Å². The van der Waals surface area contributed by atoms with Crippen molar-refractivity contribution in [2.24, 2.45) is 5.92 Å². The van der Waals surface area contributed by atoms with Gasteiger partial charge in [-0.05, 0) is 39.5 Å². The topological polar surface area (TPSA) is 38.8 Å². The van der Waals surface area contributed by atoms with Crippen molar-refractivity contribution in [1.82, 2.24) is 0 Å². The van der Waals surface area contributed by atoms with Gasteiger partial charge in [-0.3, -0.25) is 0 Å². The van der Waals surface area contributed by atoms with Gasteiger partial charge in [0.15, 0.2) is 0 Å². The Labute approximate surface area is 108 Å². The van der Waals surface area contributed by atoms with Crippen LogP contribution < -0.4 is 0 Å². The molecule has 1 aliphatic carbocycles. The number of carbonyl (C=O) groups is 1. The van der Waals surface area contributed by atoms with E-state index >= 15 is 0 Å². The molecule has 0 aromatic heterocycles. The highest BCUT2D eigenvalue weighted by Crippen LogP contribution is 2.49. The van der Waals surface area contributed by atoms with Gasteiger partial charge in [0.1, 0.15) is 12.2 Å². The zero-order valence-electron chi connectivity index (χ0n) is 11.1. The van der Waals surface area contributed by atoms with Crippen LogP contribution in [0.25, 0.3) is 0 Å². The molecule has 98 valence electrons. The summed E-state index contributed by atoms with van der Waals surface area (Å²) in [6.07, 6.45) is 6.25. The Balaban J connectivity index is 1.87. The van der Waals surface area contributed by atoms with Crippen LogP contribution in [-0.4, -0.2) is 23.8 Å². The van der Waals surface area contributed by atoms with Crippen LogP contribution in [0.3, 0.4) is 0 Å². The summed E-state index contributed by atoms with van der Waals surface area (Å²) in [7, 11) is 0. The number of hydrogen-bond acceptors (Lipinski definition) is 3. The van der Waals surface area contributed by atoms with Crippen LogP contribution in [0.4, 0.5) is 0 Å². The van der Waals surface area contributed by atoms with Crippen LogP contribution in [0.5, 0.6) is 0 Å². The third-order valence-corrected chi connectivity index (χ3v) is 4.57. The number of epoxide rings is 1. The first kappa shape index (κ1) is 12.0. The number of carbonyl (C=O) groups excluding carboxylic acids is 1. The molecule has 2 aliphatic heterocycles. The zero-order chi connectivity index (χ0) is 12.9. The molecular weight excluding hydrogens is 228 g/mol. The molecule has 2 unspecified atom stereocenters. The van der Waals surface area contributed by atoms with Gasteiger partial charge in [0.25, 0.3) is 0 Å². The average molecular weight is 248 g/mol. The Kier molecular flexibility index (Phi) is 2.63. The zero-order valence-corrected chi connectivity index (χ0v) is 11.1. The average Bonchev–Trinajstić information content (AvgIpc) is 2.90. The molecule has 0 radical (unpaired) electrons. The molecule has 3 nitrogen and oxygen atoms in total. The first-order valence-electron chi connectivity index (χ1n) is 6.74. The minimum Gasteiger partial charge on any atom is -0.455 e. The van der Waals surface area contributed by atoms with E-state index in [0.29, 0.717) is 5.57 Å². The molecule has 0 saturated carbocycles. The summed E-state index contributed by atoms with van der Waals surface area (Å²) in [4.78, 5) is 11.7. The lowest BCUT2D eigenvalue weighted by atomic mass is 9.84. The van der Waals surface area contributed by atoms with Crippen LogP contribution in [0.15, 0.2) is 23.8 Å². The van der Waals surface area contributed by atoms with Gasteiger partial charge in [-0.2, -0.15) is 0 Å². The number of allylic oxidation sites excluding steroid dienone is 2. The maximum absolute atomic E-state index is 11.7. The molecule has 4 atom stereocenters. The summed E-state index contributed by atoms with van der Waals surface area (Å²) in [5, 5.41) is 0. The molecule has 0 spiro atoms. The van der Waals surface area contributed by atoms with Crippen LogP contribution >= 0.6 is 0 Å². The van der Waals surface area contributed by atoms with Crippen molar-refractivity contribution in [3.8, 4) is 0 Å². The minimum atomic E-state index is -0.233. The van der Waals surface area contributed by atoms with E-state index in [1.165, 1.54) is 5.57 Å². The number of rotatable bonds is 0. The molecular formula is C15H20O3. The third-order valence-electron chi connectivity index (χ3n) is 4.57. The van der Waals surface area contributed by atoms with Gasteiger partial charge < -0.3 is 9.47 Å². The van der Waals surface area contributed by atoms with Crippen molar-refractivity contribution in [1.29, 1.82) is 0 Å². The predicted molar refractivity (Wildman–Crippen MR) is 68.0 cm³/mol. The maximum Gasteiger partial charge on any atom is 0.334 e. The van der Waals surface area contributed by atoms with Gasteiger partial charge in [-0.1, -0.05) is 18.2 Å². The highest BCUT2D eigenvalue weighted by atomic mass is 16.6. The Morgan fingerprint density at radius 3 is 3.06 bits per heavy atom. The lowest BCUT2D eigenvalue weighted by Crippen LogP contribution is -2.28. The SMILES string of the molecule is C=C1C(=O)OC2C1CC/C(C)=C\CC[C@@]1(C)O[C@H]21. The summed E-state index contributed by atoms with van der Waals surface area (Å²) in [5.74, 6) is -0.102. The fraction of sp³-hybridized carbons (Fsp3) is 0.667. The van der Waals surface area contributed by atoms with E-state index in [2.05, 4.69) is 26.5 Å². The Hall–Kier alpha value is -1.09. The predicted octanol–water partition coefficient (Wildman–Crippen LogP) is 2.76. The van der Waals surface area contributed by atoms with E-state index < -0.39 is 0 Å². The highest BCUT2D eigenvalue weighted by molar-refractivity contribution is 5.91. The van der Waals surface area contributed by atoms with E-state index in [1.807, 2.05) is 0 Å². The molecule has 3 heteroatoms. The third kappa shape index (κ3) is 1.81. The Morgan fingerprint density at radius 2 is 2.28 bits per heavy atom. The molecule has 2 fully saturated rings. The van der Waals surface area contributed by atoms with Gasteiger partial charge in [0.05, 0.1) is 5.60 Å². The number of esters is 1. The molecule has 3 rings (SSSR count). The van der Waals surface area contributed by atoms with Crippen molar-refractivity contribution >= 4 is 5.97 Å². The Bertz CT molecular complexity index is 437. The highest BCUT2D eigenvalue weighted by Gasteiger charge is 2.61. The Morgan fingerprint density at radius 1 is 1.50 bits per heavy atom. The van der Waals surface area contributed by atoms with Crippen molar-refractivity contribution in [2.45, 2.75) is 57.3 Å². The van der Waals surface area contributed by atoms with Crippen LogP contribution in [-0.2, 0) is 14.3 Å². The van der Waals surface area contributed by atoms with Gasteiger partial charge in [-0.15, -0.1) is 0 Å². The van der Waals surface area contributed by atoms with E-state index in [-0.39, 0.29) is 29.7 Å². The lowest BCUT2D eigenvalue weighted by Gasteiger charge is -2.19. The van der Waals surface area contributed by atoms with Gasteiger partial charge in [0, 0.05) is 11.5 Å². The largest absolute Gasteiger partial charge is 0.455 e. The quantitative estimate of drug-likeness (QED) is 0.286. The molecule has 0 amide bonds. The second-order valence-electron chi connectivity index (χ2n) is 5.98. The molecule has 0 aromatic carbocycles. The van der Waals surface area contributed by atoms with Crippen molar-refractivity contribution in [2.75, 3.05) is 0 Å². The van der Waals surface area contributed by atoms with Gasteiger partial charge in [0.2, 0.25) is 0 Å². The summed E-state index contributed by atoms with van der Waals surface area (Å²) in [5.41, 5.74) is 1.91. The van der Waals surface area contributed by atoms with E-state index in [4.69, 9.17) is 9.47 Å². The number of ether oxygens (including phenoxy) is 2. The first-order valence-corrected chi connectivity index (χ1v) is 6.74. The molecule has 0 aromatic rings. The van der Waals surface area contributed by atoms with E-state index in [9.17, 15) is 4.79 Å². The monoisotopic (exact) mass is 248 g/mol. The van der Waals surface area contributed by atoms with Crippen LogP contribution in [0.1, 0.15) is 39.5 Å². The van der Waals surface area contributed by atoms with Crippen molar-refractivity contribution in [3.05, 3.63) is 23.8 Å². The minimum absolute atomic E-state index is 0.0671. The van der Waals surface area contributed by atoms with Crippen molar-refractivity contribution in [3.63, 3.8) is 0 Å². The van der Waals surface area contributed by atoms with Gasteiger partial charge >= 0.3 is 5.97 Å². The second kappa shape index (κ2) is 3.95. The second-order valence-corrected chi connectivity index (χ2v) is 5.98. The molecule has 18 heavy (non-hydrogen) atoms. The molecule has 2 saturated heterocycles. The fourth-order valence-corrected chi connectivity index (χ4v) is 3.20. The van der Waals surface area contributed by atoms with Crippen molar-refractivity contribution < 1.29 is 14.3 Å². The summed E-state index contributed by atoms with van der Waals surface area (Å²) >= 11 is 0. The van der Waals surface area contributed by atoms with E-state index in [0.717, 1.165) is 25.7 Å². The summed E-state index contributed by atoms with van der Waals surface area (Å²) in [6.45, 7) is 8.17. The molecule has 0 bridgehead atoms. The number of fused-ring (bicyclic) bond motifs is 3. The first-order chi connectivity index (χ1) is 8.51.